The Hall–Kier alpha value is -1.76. The molecule has 2 rings (SSSR count). The zero-order valence-electron chi connectivity index (χ0n) is 11.5. The molecule has 0 N–H and O–H groups in total. The summed E-state index contributed by atoms with van der Waals surface area (Å²) in [5, 5.41) is 4.08. The van der Waals surface area contributed by atoms with Crippen LogP contribution in [-0.4, -0.2) is 22.7 Å². The van der Waals surface area contributed by atoms with Crippen LogP contribution in [0.5, 0.6) is 5.75 Å². The van der Waals surface area contributed by atoms with Gasteiger partial charge in [0.1, 0.15) is 0 Å². The predicted octanol–water partition coefficient (Wildman–Crippen LogP) is 3.57. The largest absolute Gasteiger partial charge is 0.493 e. The zero-order chi connectivity index (χ0) is 15.6. The number of ketones is 1. The number of ether oxygens (including phenoxy) is 1. The molecule has 0 saturated heterocycles. The number of carbonyl (C=O) groups excluding carboxylic acids is 1. The van der Waals surface area contributed by atoms with E-state index in [-0.39, 0.29) is 15.7 Å². The highest BCUT2D eigenvalue weighted by atomic mass is 79.9. The van der Waals surface area contributed by atoms with Gasteiger partial charge in [0.05, 0.1) is 17.8 Å². The van der Waals surface area contributed by atoms with Crippen LogP contribution in [0, 0.1) is 11.6 Å². The first-order valence-electron chi connectivity index (χ1n) is 6.29. The fourth-order valence-electron chi connectivity index (χ4n) is 1.96. The molecule has 0 unspecified atom stereocenters. The van der Waals surface area contributed by atoms with Crippen molar-refractivity contribution in [1.82, 2.24) is 9.78 Å². The molecule has 0 amide bonds. The molecule has 21 heavy (non-hydrogen) atoms. The number of benzene rings is 1. The van der Waals surface area contributed by atoms with E-state index in [0.717, 1.165) is 12.5 Å². The Bertz CT molecular complexity index is 686. The summed E-state index contributed by atoms with van der Waals surface area (Å²) < 4.78 is 33.2. The van der Waals surface area contributed by atoms with Gasteiger partial charge in [0.25, 0.3) is 0 Å². The molecule has 0 radical (unpaired) electrons. The Morgan fingerprint density at radius 1 is 1.43 bits per heavy atom. The Morgan fingerprint density at radius 2 is 2.14 bits per heavy atom. The summed E-state index contributed by atoms with van der Waals surface area (Å²) in [4.78, 5) is 12.6. The normalized spacial score (nSPS) is 10.7. The third-order valence-corrected chi connectivity index (χ3v) is 3.73. The van der Waals surface area contributed by atoms with Gasteiger partial charge >= 0.3 is 0 Å². The number of methoxy groups -OCH3 is 1. The third kappa shape index (κ3) is 2.83. The molecule has 0 atom stereocenters. The van der Waals surface area contributed by atoms with E-state index in [4.69, 9.17) is 4.74 Å². The molecule has 112 valence electrons. The number of nitrogens with zero attached hydrogens (tertiary/aromatic N) is 2. The first-order chi connectivity index (χ1) is 10.0. The summed E-state index contributed by atoms with van der Waals surface area (Å²) in [5.74, 6) is -2.30. The molecule has 7 heteroatoms. The fourth-order valence-corrected chi connectivity index (χ4v) is 2.46. The minimum Gasteiger partial charge on any atom is -0.493 e. The number of hydrogen-bond acceptors (Lipinski definition) is 3. The molecular weight excluding hydrogens is 346 g/mol. The van der Waals surface area contributed by atoms with Crippen molar-refractivity contribution in [2.45, 2.75) is 19.9 Å². The van der Waals surface area contributed by atoms with Gasteiger partial charge in [-0.1, -0.05) is 6.92 Å². The Kier molecular flexibility index (Phi) is 4.72. The molecular formula is C14H13BrF2N2O2. The van der Waals surface area contributed by atoms with Crippen molar-refractivity contribution < 1.29 is 18.3 Å². The monoisotopic (exact) mass is 358 g/mol. The van der Waals surface area contributed by atoms with E-state index in [0.29, 0.717) is 12.3 Å². The molecule has 0 aliphatic rings. The lowest BCUT2D eigenvalue weighted by Gasteiger charge is -2.09. The number of carbonyl (C=O) groups is 1. The summed E-state index contributed by atoms with van der Waals surface area (Å²) in [7, 11) is 1.42. The number of rotatable bonds is 5. The van der Waals surface area contributed by atoms with Crippen molar-refractivity contribution in [1.29, 1.82) is 0 Å². The van der Waals surface area contributed by atoms with Gasteiger partial charge in [0, 0.05) is 12.1 Å². The Morgan fingerprint density at radius 3 is 2.76 bits per heavy atom. The highest BCUT2D eigenvalue weighted by Gasteiger charge is 2.24. The number of hydrogen-bond donors (Lipinski definition) is 0. The Labute approximate surface area is 128 Å². The summed E-state index contributed by atoms with van der Waals surface area (Å²) in [5.41, 5.74) is 0.233. The topological polar surface area (TPSA) is 44.1 Å². The van der Waals surface area contributed by atoms with Gasteiger partial charge in [-0.3, -0.25) is 9.48 Å². The summed E-state index contributed by atoms with van der Waals surface area (Å²) in [6, 6.07) is 2.15. The van der Waals surface area contributed by atoms with E-state index in [9.17, 15) is 13.6 Å². The van der Waals surface area contributed by atoms with Crippen molar-refractivity contribution in [3.8, 4) is 5.75 Å². The molecule has 1 aromatic carbocycles. The van der Waals surface area contributed by atoms with Crippen LogP contribution in [0.25, 0.3) is 0 Å². The molecule has 0 saturated carbocycles. The van der Waals surface area contributed by atoms with Crippen LogP contribution >= 0.6 is 15.9 Å². The van der Waals surface area contributed by atoms with E-state index < -0.39 is 17.4 Å². The average molecular weight is 359 g/mol. The Balaban J connectivity index is 2.54. The molecule has 0 bridgehead atoms. The lowest BCUT2D eigenvalue weighted by Crippen LogP contribution is -2.13. The van der Waals surface area contributed by atoms with E-state index >= 15 is 0 Å². The van der Waals surface area contributed by atoms with Crippen LogP contribution in [0.2, 0.25) is 0 Å². The number of halogens is 3. The maximum Gasteiger partial charge on any atom is 0.216 e. The van der Waals surface area contributed by atoms with Crippen molar-refractivity contribution in [3.63, 3.8) is 0 Å². The van der Waals surface area contributed by atoms with E-state index in [1.807, 2.05) is 6.92 Å². The molecule has 0 spiro atoms. The van der Waals surface area contributed by atoms with Gasteiger partial charge in [0.2, 0.25) is 5.78 Å². The molecule has 4 nitrogen and oxygen atoms in total. The van der Waals surface area contributed by atoms with Crippen molar-refractivity contribution in [3.05, 3.63) is 45.7 Å². The first kappa shape index (κ1) is 15.6. The smallest absolute Gasteiger partial charge is 0.216 e. The average Bonchev–Trinajstić information content (AvgIpc) is 2.87. The van der Waals surface area contributed by atoms with Gasteiger partial charge in [-0.25, -0.2) is 8.78 Å². The minimum absolute atomic E-state index is 0.0186. The van der Waals surface area contributed by atoms with Gasteiger partial charge < -0.3 is 4.74 Å². The van der Waals surface area contributed by atoms with Crippen LogP contribution in [0.3, 0.4) is 0 Å². The lowest BCUT2D eigenvalue weighted by atomic mass is 10.1. The van der Waals surface area contributed by atoms with Crippen LogP contribution in [0.1, 0.15) is 29.4 Å². The van der Waals surface area contributed by atoms with Crippen molar-refractivity contribution in [2.75, 3.05) is 7.11 Å². The fraction of sp³-hybridized carbons (Fsp3) is 0.286. The first-order valence-corrected chi connectivity index (χ1v) is 7.08. The van der Waals surface area contributed by atoms with Gasteiger partial charge in [-0.15, -0.1) is 0 Å². The SMILES string of the molecule is CCCn1ncc(OC)c1C(=O)c1ccc(F)c(F)c1Br. The van der Waals surface area contributed by atoms with Gasteiger partial charge in [-0.05, 0) is 34.5 Å². The van der Waals surface area contributed by atoms with E-state index in [1.54, 1.807) is 0 Å². The predicted molar refractivity (Wildman–Crippen MR) is 76.6 cm³/mol. The third-order valence-electron chi connectivity index (χ3n) is 2.96. The summed E-state index contributed by atoms with van der Waals surface area (Å²) in [6.07, 6.45) is 2.20. The maximum atomic E-state index is 13.6. The van der Waals surface area contributed by atoms with Gasteiger partial charge in [-0.2, -0.15) is 5.10 Å². The standard InChI is InChI=1S/C14H13BrF2N2O2/c1-3-6-19-13(10(21-2)7-18-19)14(20)8-4-5-9(16)12(17)11(8)15/h4-5,7H,3,6H2,1-2H3. The highest BCUT2D eigenvalue weighted by Crippen LogP contribution is 2.28. The molecule has 0 aliphatic carbocycles. The quantitative estimate of drug-likeness (QED) is 0.606. The summed E-state index contributed by atoms with van der Waals surface area (Å²) >= 11 is 2.92. The van der Waals surface area contributed by atoms with Crippen LogP contribution < -0.4 is 4.74 Å². The second kappa shape index (κ2) is 6.34. The molecule has 0 aliphatic heterocycles. The second-order valence-corrected chi connectivity index (χ2v) is 5.13. The van der Waals surface area contributed by atoms with Crippen molar-refractivity contribution >= 4 is 21.7 Å². The number of aryl methyl sites for hydroxylation is 1. The van der Waals surface area contributed by atoms with Crippen LogP contribution in [0.15, 0.2) is 22.8 Å². The van der Waals surface area contributed by atoms with Gasteiger partial charge in [0.15, 0.2) is 23.1 Å². The molecule has 2 aromatic rings. The van der Waals surface area contributed by atoms with E-state index in [2.05, 4.69) is 21.0 Å². The highest BCUT2D eigenvalue weighted by molar-refractivity contribution is 9.10. The lowest BCUT2D eigenvalue weighted by molar-refractivity contribution is 0.102. The minimum atomic E-state index is -1.10. The van der Waals surface area contributed by atoms with E-state index in [1.165, 1.54) is 24.1 Å². The second-order valence-electron chi connectivity index (χ2n) is 4.34. The molecule has 0 fully saturated rings. The molecule has 1 aromatic heterocycles. The van der Waals surface area contributed by atoms with Crippen molar-refractivity contribution in [2.24, 2.45) is 0 Å². The summed E-state index contributed by atoms with van der Waals surface area (Å²) in [6.45, 7) is 2.46. The van der Waals surface area contributed by atoms with Crippen LogP contribution in [-0.2, 0) is 6.54 Å². The number of aromatic nitrogens is 2. The maximum absolute atomic E-state index is 13.6. The molecule has 1 heterocycles. The van der Waals surface area contributed by atoms with Crippen LogP contribution in [0.4, 0.5) is 8.78 Å². The zero-order valence-corrected chi connectivity index (χ0v) is 13.1.